The molecule has 0 saturated heterocycles. The molecule has 6 heteroatoms. The van der Waals surface area contributed by atoms with E-state index < -0.39 is 11.9 Å². The van der Waals surface area contributed by atoms with Crippen LogP contribution in [0.3, 0.4) is 0 Å². The minimum Gasteiger partial charge on any atom is -0.487 e. The molecule has 0 aliphatic heterocycles. The van der Waals surface area contributed by atoms with Gasteiger partial charge in [0.2, 0.25) is 0 Å². The highest BCUT2D eigenvalue weighted by Gasteiger charge is 2.13. The minimum absolute atomic E-state index is 0.0746. The maximum atomic E-state index is 14.0. The molecule has 2 aromatic rings. The molecule has 0 aromatic heterocycles. The van der Waals surface area contributed by atoms with E-state index in [2.05, 4.69) is 10.1 Å². The molecule has 22 heavy (non-hydrogen) atoms. The van der Waals surface area contributed by atoms with E-state index in [1.807, 2.05) is 13.0 Å². The zero-order valence-electron chi connectivity index (χ0n) is 12.2. The SMILES string of the molecule is COC(=O)Nc1cccc(F)c1COc1ccc(C)cc1Cl. The molecule has 0 aliphatic rings. The monoisotopic (exact) mass is 323 g/mol. The van der Waals surface area contributed by atoms with Crippen molar-refractivity contribution in [1.82, 2.24) is 0 Å². The van der Waals surface area contributed by atoms with Crippen molar-refractivity contribution in [3.8, 4) is 5.75 Å². The average Bonchev–Trinajstić information content (AvgIpc) is 2.48. The zero-order valence-corrected chi connectivity index (χ0v) is 12.9. The van der Waals surface area contributed by atoms with E-state index in [0.717, 1.165) is 5.56 Å². The molecule has 0 heterocycles. The molecule has 0 radical (unpaired) electrons. The lowest BCUT2D eigenvalue weighted by Crippen LogP contribution is -2.14. The number of benzene rings is 2. The predicted octanol–water partition coefficient (Wildman–Crippen LogP) is 4.54. The number of anilines is 1. The van der Waals surface area contributed by atoms with Crippen LogP contribution in [0.2, 0.25) is 5.02 Å². The summed E-state index contributed by atoms with van der Waals surface area (Å²) in [5.41, 5.74) is 1.50. The van der Waals surface area contributed by atoms with Crippen LogP contribution in [0.1, 0.15) is 11.1 Å². The van der Waals surface area contributed by atoms with E-state index in [0.29, 0.717) is 10.8 Å². The van der Waals surface area contributed by atoms with Crippen LogP contribution < -0.4 is 10.1 Å². The van der Waals surface area contributed by atoms with Crippen molar-refractivity contribution >= 4 is 23.4 Å². The number of aryl methyl sites for hydroxylation is 1. The Bertz CT molecular complexity index is 691. The molecule has 0 fully saturated rings. The number of methoxy groups -OCH3 is 1. The van der Waals surface area contributed by atoms with Gasteiger partial charge in [-0.1, -0.05) is 23.7 Å². The summed E-state index contributed by atoms with van der Waals surface area (Å²) < 4.78 is 24.0. The highest BCUT2D eigenvalue weighted by molar-refractivity contribution is 6.32. The van der Waals surface area contributed by atoms with Gasteiger partial charge in [-0.15, -0.1) is 0 Å². The molecule has 0 spiro atoms. The van der Waals surface area contributed by atoms with Crippen LogP contribution in [0, 0.1) is 12.7 Å². The van der Waals surface area contributed by atoms with E-state index >= 15 is 0 Å². The Hall–Kier alpha value is -2.27. The molecule has 0 bridgehead atoms. The molecule has 0 aliphatic carbocycles. The van der Waals surface area contributed by atoms with Gasteiger partial charge in [0.05, 0.1) is 17.8 Å². The topological polar surface area (TPSA) is 47.6 Å². The highest BCUT2D eigenvalue weighted by atomic mass is 35.5. The molecule has 0 saturated carbocycles. The number of hydrogen-bond donors (Lipinski definition) is 1. The largest absolute Gasteiger partial charge is 0.487 e. The Morgan fingerprint density at radius 2 is 2.09 bits per heavy atom. The summed E-state index contributed by atoms with van der Waals surface area (Å²) in [7, 11) is 1.23. The number of carbonyl (C=O) groups excluding carboxylic acids is 1. The van der Waals surface area contributed by atoms with Gasteiger partial charge >= 0.3 is 6.09 Å². The van der Waals surface area contributed by atoms with Gasteiger partial charge in [0.1, 0.15) is 18.2 Å². The smallest absolute Gasteiger partial charge is 0.411 e. The van der Waals surface area contributed by atoms with Gasteiger partial charge in [-0.3, -0.25) is 5.32 Å². The summed E-state index contributed by atoms with van der Waals surface area (Å²) in [5, 5.41) is 2.89. The fourth-order valence-electron chi connectivity index (χ4n) is 1.86. The van der Waals surface area contributed by atoms with E-state index in [9.17, 15) is 9.18 Å². The van der Waals surface area contributed by atoms with Crippen molar-refractivity contribution in [2.24, 2.45) is 0 Å². The zero-order chi connectivity index (χ0) is 16.1. The summed E-state index contributed by atoms with van der Waals surface area (Å²) >= 11 is 6.07. The second-order valence-electron chi connectivity index (χ2n) is 4.61. The number of hydrogen-bond acceptors (Lipinski definition) is 3. The molecule has 2 rings (SSSR count). The Kier molecular flexibility index (Phi) is 5.22. The normalized spacial score (nSPS) is 10.2. The number of halogens is 2. The number of amides is 1. The van der Waals surface area contributed by atoms with E-state index in [4.69, 9.17) is 16.3 Å². The molecule has 116 valence electrons. The molecular formula is C16H15ClFNO3. The maximum absolute atomic E-state index is 14.0. The van der Waals surface area contributed by atoms with Crippen molar-refractivity contribution in [2.45, 2.75) is 13.5 Å². The molecule has 1 N–H and O–H groups in total. The van der Waals surface area contributed by atoms with Crippen LogP contribution in [0.4, 0.5) is 14.9 Å². The highest BCUT2D eigenvalue weighted by Crippen LogP contribution is 2.28. The lowest BCUT2D eigenvalue weighted by atomic mass is 10.1. The van der Waals surface area contributed by atoms with Gasteiger partial charge < -0.3 is 9.47 Å². The third-order valence-corrected chi connectivity index (χ3v) is 3.30. The first-order chi connectivity index (χ1) is 10.5. The van der Waals surface area contributed by atoms with Gasteiger partial charge in [-0.25, -0.2) is 9.18 Å². The Morgan fingerprint density at radius 1 is 1.32 bits per heavy atom. The molecule has 1 amide bonds. The van der Waals surface area contributed by atoms with Crippen LogP contribution >= 0.6 is 11.6 Å². The molecule has 0 unspecified atom stereocenters. The van der Waals surface area contributed by atoms with E-state index in [-0.39, 0.29) is 17.9 Å². The summed E-state index contributed by atoms with van der Waals surface area (Å²) in [6.45, 7) is 1.83. The Balaban J connectivity index is 2.19. The van der Waals surface area contributed by atoms with E-state index in [1.54, 1.807) is 18.2 Å². The van der Waals surface area contributed by atoms with Crippen LogP contribution in [-0.4, -0.2) is 13.2 Å². The summed E-state index contributed by atoms with van der Waals surface area (Å²) in [6, 6.07) is 9.66. The quantitative estimate of drug-likeness (QED) is 0.898. The third-order valence-electron chi connectivity index (χ3n) is 3.00. The number of carbonyl (C=O) groups is 1. The van der Waals surface area contributed by atoms with Gasteiger partial charge in [-0.2, -0.15) is 0 Å². The van der Waals surface area contributed by atoms with Gasteiger partial charge in [0.25, 0.3) is 0 Å². The Morgan fingerprint density at radius 3 is 2.77 bits per heavy atom. The lowest BCUT2D eigenvalue weighted by Gasteiger charge is -2.13. The second kappa shape index (κ2) is 7.13. The van der Waals surface area contributed by atoms with Gasteiger partial charge in [0, 0.05) is 5.56 Å². The van der Waals surface area contributed by atoms with Crippen LogP contribution in [0.25, 0.3) is 0 Å². The first kappa shape index (κ1) is 16.1. The third kappa shape index (κ3) is 3.89. The molecule has 0 atom stereocenters. The van der Waals surface area contributed by atoms with E-state index in [1.165, 1.54) is 19.2 Å². The van der Waals surface area contributed by atoms with Gasteiger partial charge in [0.15, 0.2) is 0 Å². The Labute approximate surface area is 132 Å². The first-order valence-electron chi connectivity index (χ1n) is 6.52. The fraction of sp³-hybridized carbons (Fsp3) is 0.188. The molecule has 4 nitrogen and oxygen atoms in total. The van der Waals surface area contributed by atoms with Crippen LogP contribution in [-0.2, 0) is 11.3 Å². The van der Waals surface area contributed by atoms with Crippen molar-refractivity contribution in [3.63, 3.8) is 0 Å². The van der Waals surface area contributed by atoms with Crippen LogP contribution in [0.5, 0.6) is 5.75 Å². The predicted molar refractivity (Wildman–Crippen MR) is 82.9 cm³/mol. The van der Waals surface area contributed by atoms with Crippen molar-refractivity contribution < 1.29 is 18.7 Å². The standard InChI is InChI=1S/C16H15ClFNO3/c1-10-6-7-15(12(17)8-10)22-9-11-13(18)4-3-5-14(11)19-16(20)21-2/h3-8H,9H2,1-2H3,(H,19,20). The number of ether oxygens (including phenoxy) is 2. The number of rotatable bonds is 4. The summed E-state index contributed by atoms with van der Waals surface area (Å²) in [6.07, 6.45) is -0.680. The molecule has 2 aromatic carbocycles. The van der Waals surface area contributed by atoms with Crippen molar-refractivity contribution in [3.05, 3.63) is 58.4 Å². The fourth-order valence-corrected chi connectivity index (χ4v) is 2.15. The second-order valence-corrected chi connectivity index (χ2v) is 5.01. The van der Waals surface area contributed by atoms with Crippen molar-refractivity contribution in [2.75, 3.05) is 12.4 Å². The van der Waals surface area contributed by atoms with Crippen LogP contribution in [0.15, 0.2) is 36.4 Å². The minimum atomic E-state index is -0.680. The maximum Gasteiger partial charge on any atom is 0.411 e. The lowest BCUT2D eigenvalue weighted by molar-refractivity contribution is 0.187. The molecular weight excluding hydrogens is 309 g/mol. The average molecular weight is 324 g/mol. The number of nitrogens with one attached hydrogen (secondary N) is 1. The first-order valence-corrected chi connectivity index (χ1v) is 6.90. The summed E-state index contributed by atoms with van der Waals surface area (Å²) in [5.74, 6) is -0.0447. The van der Waals surface area contributed by atoms with Gasteiger partial charge in [-0.05, 0) is 36.8 Å². The van der Waals surface area contributed by atoms with Crippen molar-refractivity contribution in [1.29, 1.82) is 0 Å². The summed E-state index contributed by atoms with van der Waals surface area (Å²) in [4.78, 5) is 11.3.